The normalized spacial score (nSPS) is 55.4. The predicted octanol–water partition coefficient (Wildman–Crippen LogP) is 0.727. The van der Waals surface area contributed by atoms with Gasteiger partial charge in [-0.1, -0.05) is 0 Å². The van der Waals surface area contributed by atoms with Crippen molar-refractivity contribution in [2.24, 2.45) is 11.3 Å². The molecule has 1 aliphatic carbocycles. The fourth-order valence-corrected chi connectivity index (χ4v) is 3.39. The maximum atomic E-state index is 5.46. The maximum absolute atomic E-state index is 5.46. The molecule has 2 heterocycles. The molecular weight excluding hydrogens is 138 g/mol. The molecule has 1 spiro atoms. The Bertz CT molecular complexity index is 194. The van der Waals surface area contributed by atoms with Gasteiger partial charge in [-0.05, 0) is 25.8 Å². The molecule has 3 unspecified atom stereocenters. The molecule has 3 aliphatic rings. The van der Waals surface area contributed by atoms with E-state index in [1.54, 1.807) is 0 Å². The zero-order valence-corrected chi connectivity index (χ0v) is 7.05. The average molecular weight is 153 g/mol. The molecule has 1 saturated carbocycles. The van der Waals surface area contributed by atoms with Crippen molar-refractivity contribution in [3.05, 3.63) is 0 Å². The number of hydrogen-bond donors (Lipinski definition) is 0. The summed E-state index contributed by atoms with van der Waals surface area (Å²) in [6.07, 6.45) is 2.64. The summed E-state index contributed by atoms with van der Waals surface area (Å²) >= 11 is 0. The molecular formula is C9H15NO. The van der Waals surface area contributed by atoms with Gasteiger partial charge < -0.3 is 9.64 Å². The Morgan fingerprint density at radius 1 is 1.45 bits per heavy atom. The van der Waals surface area contributed by atoms with Gasteiger partial charge in [-0.25, -0.2) is 0 Å². The molecule has 3 atom stereocenters. The standard InChI is InChI=1S/C9H15NO/c1-10-6-9-3-5-11-4-2-7(9)8(9)10/h7-8H,2-6H2,1H3. The van der Waals surface area contributed by atoms with Gasteiger partial charge in [-0.3, -0.25) is 0 Å². The van der Waals surface area contributed by atoms with E-state index >= 15 is 0 Å². The molecule has 0 bridgehead atoms. The van der Waals surface area contributed by atoms with Gasteiger partial charge in [-0.15, -0.1) is 0 Å². The molecule has 2 heteroatoms. The van der Waals surface area contributed by atoms with Crippen molar-refractivity contribution in [1.82, 2.24) is 4.90 Å². The molecule has 3 fully saturated rings. The molecule has 0 aromatic heterocycles. The lowest BCUT2D eigenvalue weighted by atomic mass is 9.93. The summed E-state index contributed by atoms with van der Waals surface area (Å²) in [5, 5.41) is 0. The number of nitrogens with zero attached hydrogens (tertiary/aromatic N) is 1. The van der Waals surface area contributed by atoms with Gasteiger partial charge in [0.2, 0.25) is 0 Å². The van der Waals surface area contributed by atoms with Gasteiger partial charge in [0, 0.05) is 31.2 Å². The quantitative estimate of drug-likeness (QED) is 0.508. The highest BCUT2D eigenvalue weighted by atomic mass is 16.5. The van der Waals surface area contributed by atoms with Crippen molar-refractivity contribution in [3.8, 4) is 0 Å². The molecule has 0 amide bonds. The first-order valence-electron chi connectivity index (χ1n) is 4.63. The number of fused-ring (bicyclic) bond motifs is 1. The highest BCUT2D eigenvalue weighted by Crippen LogP contribution is 2.67. The topological polar surface area (TPSA) is 12.5 Å². The molecule has 0 aromatic carbocycles. The third kappa shape index (κ3) is 0.611. The largest absolute Gasteiger partial charge is 0.381 e. The van der Waals surface area contributed by atoms with Crippen LogP contribution in [0.5, 0.6) is 0 Å². The zero-order chi connectivity index (χ0) is 7.47. The van der Waals surface area contributed by atoms with Crippen LogP contribution in [-0.4, -0.2) is 37.7 Å². The van der Waals surface area contributed by atoms with Gasteiger partial charge in [0.25, 0.3) is 0 Å². The maximum Gasteiger partial charge on any atom is 0.0472 e. The monoisotopic (exact) mass is 153 g/mol. The number of hydrogen-bond acceptors (Lipinski definition) is 2. The number of rotatable bonds is 0. The van der Waals surface area contributed by atoms with Crippen LogP contribution in [-0.2, 0) is 4.74 Å². The second kappa shape index (κ2) is 1.80. The Kier molecular flexibility index (Phi) is 1.06. The summed E-state index contributed by atoms with van der Waals surface area (Å²) < 4.78 is 5.46. The predicted molar refractivity (Wildman–Crippen MR) is 42.4 cm³/mol. The molecule has 2 aliphatic heterocycles. The van der Waals surface area contributed by atoms with Crippen LogP contribution in [0.4, 0.5) is 0 Å². The smallest absolute Gasteiger partial charge is 0.0472 e. The molecule has 0 aromatic rings. The van der Waals surface area contributed by atoms with Crippen molar-refractivity contribution in [3.63, 3.8) is 0 Å². The summed E-state index contributed by atoms with van der Waals surface area (Å²) in [5.41, 5.74) is 0.741. The fourth-order valence-electron chi connectivity index (χ4n) is 3.39. The van der Waals surface area contributed by atoms with Crippen LogP contribution in [0.1, 0.15) is 12.8 Å². The summed E-state index contributed by atoms with van der Waals surface area (Å²) in [4.78, 5) is 2.51. The van der Waals surface area contributed by atoms with E-state index in [0.29, 0.717) is 0 Å². The van der Waals surface area contributed by atoms with Gasteiger partial charge >= 0.3 is 0 Å². The second-order valence-corrected chi connectivity index (χ2v) is 4.35. The third-order valence-electron chi connectivity index (χ3n) is 3.90. The summed E-state index contributed by atoms with van der Waals surface area (Å²) in [7, 11) is 2.26. The van der Waals surface area contributed by atoms with Crippen LogP contribution < -0.4 is 0 Å². The van der Waals surface area contributed by atoms with Crippen molar-refractivity contribution in [2.45, 2.75) is 18.9 Å². The van der Waals surface area contributed by atoms with Crippen molar-refractivity contribution >= 4 is 0 Å². The van der Waals surface area contributed by atoms with Crippen LogP contribution in [0.15, 0.2) is 0 Å². The number of ether oxygens (including phenoxy) is 1. The molecule has 0 N–H and O–H groups in total. The molecule has 11 heavy (non-hydrogen) atoms. The highest BCUT2D eigenvalue weighted by Gasteiger charge is 2.72. The van der Waals surface area contributed by atoms with E-state index in [1.165, 1.54) is 19.4 Å². The van der Waals surface area contributed by atoms with Crippen molar-refractivity contribution in [2.75, 3.05) is 26.8 Å². The lowest BCUT2D eigenvalue weighted by Crippen LogP contribution is -2.44. The van der Waals surface area contributed by atoms with Gasteiger partial charge in [0.15, 0.2) is 0 Å². The first-order valence-corrected chi connectivity index (χ1v) is 4.63. The van der Waals surface area contributed by atoms with E-state index in [-0.39, 0.29) is 0 Å². The SMILES string of the molecule is CN1CC23CCOCCC2C13. The Balaban J connectivity index is 1.80. The third-order valence-corrected chi connectivity index (χ3v) is 3.90. The summed E-state index contributed by atoms with van der Waals surface area (Å²) in [6.45, 7) is 3.36. The van der Waals surface area contributed by atoms with E-state index in [2.05, 4.69) is 11.9 Å². The van der Waals surface area contributed by atoms with E-state index in [4.69, 9.17) is 4.74 Å². The van der Waals surface area contributed by atoms with E-state index in [9.17, 15) is 0 Å². The minimum absolute atomic E-state index is 0.741. The van der Waals surface area contributed by atoms with Crippen LogP contribution >= 0.6 is 0 Å². The first kappa shape index (κ1) is 6.44. The zero-order valence-electron chi connectivity index (χ0n) is 7.05. The average Bonchev–Trinajstić information content (AvgIpc) is 2.52. The van der Waals surface area contributed by atoms with Gasteiger partial charge in [0.05, 0.1) is 0 Å². The second-order valence-electron chi connectivity index (χ2n) is 4.35. The molecule has 3 rings (SSSR count). The lowest BCUT2D eigenvalue weighted by molar-refractivity contribution is 0.0735. The Morgan fingerprint density at radius 3 is 3.18 bits per heavy atom. The minimum atomic E-state index is 0.741. The van der Waals surface area contributed by atoms with Crippen LogP contribution in [0, 0.1) is 11.3 Å². The van der Waals surface area contributed by atoms with Crippen LogP contribution in [0.2, 0.25) is 0 Å². The highest BCUT2D eigenvalue weighted by molar-refractivity contribution is 5.24. The van der Waals surface area contributed by atoms with E-state index in [0.717, 1.165) is 30.6 Å². The summed E-state index contributed by atoms with van der Waals surface area (Å²) in [5.74, 6) is 0.995. The Labute approximate surface area is 67.5 Å². The van der Waals surface area contributed by atoms with Crippen LogP contribution in [0.25, 0.3) is 0 Å². The van der Waals surface area contributed by atoms with Gasteiger partial charge in [0.1, 0.15) is 0 Å². The van der Waals surface area contributed by atoms with Crippen molar-refractivity contribution in [1.29, 1.82) is 0 Å². The van der Waals surface area contributed by atoms with E-state index in [1.807, 2.05) is 0 Å². The van der Waals surface area contributed by atoms with E-state index < -0.39 is 0 Å². The van der Waals surface area contributed by atoms with Crippen LogP contribution in [0.3, 0.4) is 0 Å². The fraction of sp³-hybridized carbons (Fsp3) is 1.00. The Morgan fingerprint density at radius 2 is 2.36 bits per heavy atom. The molecule has 2 saturated heterocycles. The first-order chi connectivity index (χ1) is 5.34. The van der Waals surface area contributed by atoms with Crippen molar-refractivity contribution < 1.29 is 4.74 Å². The molecule has 0 radical (unpaired) electrons. The number of likely N-dealkylation sites (tertiary alicyclic amines) is 1. The molecule has 2 nitrogen and oxygen atoms in total. The minimum Gasteiger partial charge on any atom is -0.381 e. The molecule has 62 valence electrons. The Hall–Kier alpha value is -0.0800. The summed E-state index contributed by atoms with van der Waals surface area (Å²) in [6, 6.07) is 0.950. The lowest BCUT2D eigenvalue weighted by Gasteiger charge is -2.35. The van der Waals surface area contributed by atoms with Gasteiger partial charge in [-0.2, -0.15) is 0 Å².